The van der Waals surface area contributed by atoms with Crippen LogP contribution in [0.15, 0.2) is 12.1 Å². The van der Waals surface area contributed by atoms with Crippen molar-refractivity contribution in [3.8, 4) is 17.6 Å². The fourth-order valence-electron chi connectivity index (χ4n) is 1.80. The van der Waals surface area contributed by atoms with Crippen molar-refractivity contribution in [2.45, 2.75) is 45.3 Å². The third-order valence-electron chi connectivity index (χ3n) is 3.09. The first-order chi connectivity index (χ1) is 9.55. The van der Waals surface area contributed by atoms with Gasteiger partial charge < -0.3 is 15.2 Å². The topological polar surface area (TPSA) is 68.3 Å². The maximum Gasteiger partial charge on any atom is 0.184 e. The smallest absolute Gasteiger partial charge is 0.184 e. The summed E-state index contributed by atoms with van der Waals surface area (Å²) in [6.07, 6.45) is 1.66. The number of nitriles is 1. The average Bonchev–Trinajstić information content (AvgIpc) is 2.45. The Morgan fingerprint density at radius 3 is 2.55 bits per heavy atom. The Labute approximate surface area is 125 Å². The second kappa shape index (κ2) is 7.98. The van der Waals surface area contributed by atoms with Gasteiger partial charge in [-0.05, 0) is 37.0 Å². The summed E-state index contributed by atoms with van der Waals surface area (Å²) < 4.78 is 10.9. The van der Waals surface area contributed by atoms with Gasteiger partial charge in [0.05, 0.1) is 12.1 Å². The minimum atomic E-state index is -0.537. The van der Waals surface area contributed by atoms with Crippen molar-refractivity contribution in [2.75, 3.05) is 7.11 Å². The molecule has 1 aromatic rings. The molecule has 0 heterocycles. The first-order valence-corrected chi connectivity index (χ1v) is 7.11. The average molecular weight is 297 g/mol. The van der Waals surface area contributed by atoms with Crippen LogP contribution in [0.5, 0.6) is 11.5 Å². The Bertz CT molecular complexity index is 485. The van der Waals surface area contributed by atoms with Gasteiger partial charge in [0, 0.05) is 6.04 Å². The van der Waals surface area contributed by atoms with Crippen LogP contribution in [-0.4, -0.2) is 19.3 Å². The molecular formula is C15H21ClN2O2. The monoisotopic (exact) mass is 296 g/mol. The second-order valence-corrected chi connectivity index (χ2v) is 5.03. The van der Waals surface area contributed by atoms with E-state index in [9.17, 15) is 0 Å². The third kappa shape index (κ3) is 4.29. The molecule has 20 heavy (non-hydrogen) atoms. The van der Waals surface area contributed by atoms with Crippen LogP contribution < -0.4 is 15.2 Å². The van der Waals surface area contributed by atoms with E-state index in [1.807, 2.05) is 26.0 Å². The molecule has 2 N–H and O–H groups in total. The quantitative estimate of drug-likeness (QED) is 0.838. The van der Waals surface area contributed by atoms with Gasteiger partial charge in [-0.3, -0.25) is 0 Å². The molecule has 2 unspecified atom stereocenters. The predicted octanol–water partition coefficient (Wildman–Crippen LogP) is 3.31. The summed E-state index contributed by atoms with van der Waals surface area (Å²) in [5.74, 6) is 0.945. The van der Waals surface area contributed by atoms with E-state index in [1.54, 1.807) is 7.11 Å². The van der Waals surface area contributed by atoms with Crippen LogP contribution in [0.3, 0.4) is 0 Å². The zero-order valence-electron chi connectivity index (χ0n) is 12.1. The summed E-state index contributed by atoms with van der Waals surface area (Å²) in [4.78, 5) is 0. The molecule has 0 saturated carbocycles. The van der Waals surface area contributed by atoms with Crippen LogP contribution in [0, 0.1) is 11.3 Å². The Morgan fingerprint density at radius 2 is 2.05 bits per heavy atom. The summed E-state index contributed by atoms with van der Waals surface area (Å²) in [7, 11) is 1.55. The Kier molecular flexibility index (Phi) is 6.63. The molecular weight excluding hydrogens is 276 g/mol. The number of hydrogen-bond donors (Lipinski definition) is 1. The van der Waals surface area contributed by atoms with Crippen LogP contribution in [-0.2, 0) is 6.42 Å². The van der Waals surface area contributed by atoms with Crippen LogP contribution in [0.1, 0.15) is 32.3 Å². The normalized spacial score (nSPS) is 13.4. The molecule has 0 aromatic heterocycles. The highest BCUT2D eigenvalue weighted by Gasteiger charge is 2.17. The number of nitrogens with two attached hydrogens (primary N) is 1. The first kappa shape index (κ1) is 16.6. The van der Waals surface area contributed by atoms with Crippen LogP contribution in [0.2, 0.25) is 5.02 Å². The van der Waals surface area contributed by atoms with E-state index in [2.05, 4.69) is 6.07 Å². The van der Waals surface area contributed by atoms with Crippen molar-refractivity contribution in [1.29, 1.82) is 5.26 Å². The molecule has 2 atom stereocenters. The molecule has 0 radical (unpaired) electrons. The number of halogens is 1. The Hall–Kier alpha value is -1.44. The van der Waals surface area contributed by atoms with Gasteiger partial charge in [0.15, 0.2) is 17.6 Å². The molecule has 0 aliphatic heterocycles. The largest absolute Gasteiger partial charge is 0.493 e. The van der Waals surface area contributed by atoms with Crippen LogP contribution >= 0.6 is 11.6 Å². The van der Waals surface area contributed by atoms with Gasteiger partial charge in [-0.2, -0.15) is 5.26 Å². The Morgan fingerprint density at radius 1 is 1.35 bits per heavy atom. The predicted molar refractivity (Wildman–Crippen MR) is 80.3 cm³/mol. The van der Waals surface area contributed by atoms with Crippen LogP contribution in [0.4, 0.5) is 0 Å². The third-order valence-corrected chi connectivity index (χ3v) is 3.37. The second-order valence-electron chi connectivity index (χ2n) is 4.63. The van der Waals surface area contributed by atoms with Gasteiger partial charge in [0.25, 0.3) is 0 Å². The molecule has 1 rings (SSSR count). The summed E-state index contributed by atoms with van der Waals surface area (Å²) in [5, 5.41) is 9.41. The number of methoxy groups -OCH3 is 1. The Balaban J connectivity index is 3.05. The van der Waals surface area contributed by atoms with E-state index in [-0.39, 0.29) is 6.04 Å². The van der Waals surface area contributed by atoms with Crippen molar-refractivity contribution in [1.82, 2.24) is 0 Å². The molecule has 5 heteroatoms. The lowest BCUT2D eigenvalue weighted by Gasteiger charge is -2.17. The van der Waals surface area contributed by atoms with Gasteiger partial charge in [0.2, 0.25) is 0 Å². The lowest BCUT2D eigenvalue weighted by Crippen LogP contribution is -2.21. The fraction of sp³-hybridized carbons (Fsp3) is 0.533. The van der Waals surface area contributed by atoms with Gasteiger partial charge in [-0.15, -0.1) is 0 Å². The molecule has 0 saturated heterocycles. The molecule has 0 aliphatic carbocycles. The number of ether oxygens (including phenoxy) is 2. The lowest BCUT2D eigenvalue weighted by atomic mass is 10.0. The summed E-state index contributed by atoms with van der Waals surface area (Å²) in [6, 6.07) is 5.85. The summed E-state index contributed by atoms with van der Waals surface area (Å²) in [6.45, 7) is 3.92. The molecule has 0 aliphatic rings. The minimum absolute atomic E-state index is 0.0880. The number of hydrogen-bond acceptors (Lipinski definition) is 4. The molecule has 0 amide bonds. The van der Waals surface area contributed by atoms with Gasteiger partial charge >= 0.3 is 0 Å². The molecule has 0 spiro atoms. The highest BCUT2D eigenvalue weighted by Crippen LogP contribution is 2.37. The van der Waals surface area contributed by atoms with E-state index in [4.69, 9.17) is 32.1 Å². The maximum atomic E-state index is 8.97. The van der Waals surface area contributed by atoms with Gasteiger partial charge in [-0.1, -0.05) is 25.4 Å². The minimum Gasteiger partial charge on any atom is -0.493 e. The summed E-state index contributed by atoms with van der Waals surface area (Å²) >= 11 is 6.24. The van der Waals surface area contributed by atoms with E-state index in [1.165, 1.54) is 0 Å². The van der Waals surface area contributed by atoms with Crippen molar-refractivity contribution in [3.05, 3.63) is 22.7 Å². The van der Waals surface area contributed by atoms with Crippen molar-refractivity contribution >= 4 is 11.6 Å². The van der Waals surface area contributed by atoms with E-state index >= 15 is 0 Å². The highest BCUT2D eigenvalue weighted by atomic mass is 35.5. The van der Waals surface area contributed by atoms with Crippen molar-refractivity contribution in [3.63, 3.8) is 0 Å². The number of benzene rings is 1. The number of rotatable bonds is 7. The van der Waals surface area contributed by atoms with Gasteiger partial charge in [0.1, 0.15) is 6.07 Å². The van der Waals surface area contributed by atoms with E-state index in [0.717, 1.165) is 18.4 Å². The SMILES string of the molecule is CCC(N)Cc1cc(Cl)c(OC(C#N)CC)c(OC)c1. The number of nitrogens with zero attached hydrogens (tertiary/aromatic N) is 1. The van der Waals surface area contributed by atoms with Crippen molar-refractivity contribution < 1.29 is 9.47 Å². The standard InChI is InChI=1S/C15H21ClN2O2/c1-4-11(18)6-10-7-13(16)15(14(8-10)19-3)20-12(5-2)9-17/h7-8,11-12H,4-6,18H2,1-3H3. The van der Waals surface area contributed by atoms with Crippen LogP contribution in [0.25, 0.3) is 0 Å². The molecule has 0 bridgehead atoms. The lowest BCUT2D eigenvalue weighted by molar-refractivity contribution is 0.239. The van der Waals surface area contributed by atoms with E-state index in [0.29, 0.717) is 22.9 Å². The fourth-order valence-corrected chi connectivity index (χ4v) is 2.07. The summed E-state index contributed by atoms with van der Waals surface area (Å²) in [5.41, 5.74) is 6.95. The molecule has 0 fully saturated rings. The van der Waals surface area contributed by atoms with Crippen molar-refractivity contribution in [2.24, 2.45) is 5.73 Å². The molecule has 4 nitrogen and oxygen atoms in total. The first-order valence-electron chi connectivity index (χ1n) is 6.73. The zero-order chi connectivity index (χ0) is 15.1. The highest BCUT2D eigenvalue weighted by molar-refractivity contribution is 6.32. The molecule has 110 valence electrons. The van der Waals surface area contributed by atoms with E-state index < -0.39 is 6.10 Å². The van der Waals surface area contributed by atoms with Gasteiger partial charge in [-0.25, -0.2) is 0 Å². The molecule has 1 aromatic carbocycles. The maximum absolute atomic E-state index is 8.97. The zero-order valence-corrected chi connectivity index (χ0v) is 12.9.